The van der Waals surface area contributed by atoms with Crippen molar-refractivity contribution in [3.8, 4) is 0 Å². The van der Waals surface area contributed by atoms with Gasteiger partial charge in [-0.05, 0) is 24.8 Å². The van der Waals surface area contributed by atoms with Gasteiger partial charge in [-0.1, -0.05) is 18.2 Å². The number of para-hydroxylation sites is 1. The van der Waals surface area contributed by atoms with Crippen LogP contribution in [0.15, 0.2) is 34.4 Å². The molecule has 0 radical (unpaired) electrons. The highest BCUT2D eigenvalue weighted by Gasteiger charge is 2.12. The molecule has 0 aliphatic rings. The lowest BCUT2D eigenvalue weighted by Gasteiger charge is -2.05. The van der Waals surface area contributed by atoms with Crippen LogP contribution in [0.1, 0.15) is 5.82 Å². The molecule has 0 amide bonds. The van der Waals surface area contributed by atoms with Crippen LogP contribution < -0.4 is 5.73 Å². The molecule has 19 heavy (non-hydrogen) atoms. The van der Waals surface area contributed by atoms with Crippen molar-refractivity contribution in [2.75, 3.05) is 5.73 Å². The third-order valence-electron chi connectivity index (χ3n) is 2.83. The first-order valence-corrected chi connectivity index (χ1v) is 6.53. The van der Waals surface area contributed by atoms with E-state index < -0.39 is 0 Å². The van der Waals surface area contributed by atoms with Crippen molar-refractivity contribution in [1.29, 1.82) is 0 Å². The number of hydrogen-bond acceptors (Lipinski definition) is 6. The molecule has 7 heteroatoms. The molecule has 0 saturated heterocycles. The number of aryl methyl sites for hydroxylation is 1. The van der Waals surface area contributed by atoms with Crippen LogP contribution in [0.4, 0.5) is 5.95 Å². The third-order valence-corrected chi connectivity index (χ3v) is 3.87. The Hall–Kier alpha value is -2.15. The molecule has 0 aliphatic heterocycles. The summed E-state index contributed by atoms with van der Waals surface area (Å²) in [5.41, 5.74) is 6.57. The fourth-order valence-corrected chi connectivity index (χ4v) is 2.65. The van der Waals surface area contributed by atoms with E-state index in [-0.39, 0.29) is 5.95 Å². The molecule has 3 rings (SSSR count). The van der Waals surface area contributed by atoms with E-state index in [0.717, 1.165) is 26.9 Å². The number of aromatic nitrogens is 5. The molecule has 0 aliphatic carbocycles. The molecule has 2 heterocycles. The third kappa shape index (κ3) is 2.12. The Bertz CT molecular complexity index is 751. The topological polar surface area (TPSA) is 82.5 Å². The zero-order valence-electron chi connectivity index (χ0n) is 10.5. The number of nitrogen functional groups attached to an aromatic ring is 1. The summed E-state index contributed by atoms with van der Waals surface area (Å²) in [6.07, 6.45) is 0. The van der Waals surface area contributed by atoms with E-state index in [1.165, 1.54) is 11.8 Å². The first kappa shape index (κ1) is 11.9. The van der Waals surface area contributed by atoms with Crippen LogP contribution in [-0.2, 0) is 7.05 Å². The summed E-state index contributed by atoms with van der Waals surface area (Å²) in [6.45, 7) is 1.91. The molecule has 1 aromatic carbocycles. The van der Waals surface area contributed by atoms with E-state index >= 15 is 0 Å². The van der Waals surface area contributed by atoms with Crippen LogP contribution in [0.3, 0.4) is 0 Å². The number of nitrogens with two attached hydrogens (primary N) is 1. The zero-order valence-corrected chi connectivity index (χ0v) is 11.3. The number of anilines is 1. The molecule has 0 saturated carbocycles. The lowest BCUT2D eigenvalue weighted by atomic mass is 10.2. The van der Waals surface area contributed by atoms with Crippen LogP contribution >= 0.6 is 11.8 Å². The predicted octanol–water partition coefficient (Wildman–Crippen LogP) is 1.80. The lowest BCUT2D eigenvalue weighted by Crippen LogP contribution is -1.98. The smallest absolute Gasteiger partial charge is 0.221 e. The molecule has 0 spiro atoms. The Kier molecular flexibility index (Phi) is 2.83. The Morgan fingerprint density at radius 1 is 1.16 bits per heavy atom. The second-order valence-electron chi connectivity index (χ2n) is 4.09. The highest BCUT2D eigenvalue weighted by atomic mass is 32.2. The number of fused-ring (bicyclic) bond motifs is 1. The van der Waals surface area contributed by atoms with Crippen LogP contribution in [0.2, 0.25) is 0 Å². The minimum absolute atomic E-state index is 0.264. The molecule has 3 aromatic rings. The highest BCUT2D eigenvalue weighted by molar-refractivity contribution is 7.99. The summed E-state index contributed by atoms with van der Waals surface area (Å²) >= 11 is 1.44. The first-order valence-electron chi connectivity index (χ1n) is 5.71. The molecule has 0 atom stereocenters. The Balaban J connectivity index is 2.12. The number of nitrogens with zero attached hydrogens (tertiary/aromatic N) is 5. The summed E-state index contributed by atoms with van der Waals surface area (Å²) in [5.74, 6) is 1.12. The van der Waals surface area contributed by atoms with Crippen molar-refractivity contribution in [3.05, 3.63) is 30.1 Å². The predicted molar refractivity (Wildman–Crippen MR) is 73.8 cm³/mol. The summed E-state index contributed by atoms with van der Waals surface area (Å²) in [6, 6.07) is 7.77. The van der Waals surface area contributed by atoms with Gasteiger partial charge in [0, 0.05) is 12.4 Å². The molecular weight excluding hydrogens is 260 g/mol. The van der Waals surface area contributed by atoms with Crippen molar-refractivity contribution in [2.45, 2.75) is 17.1 Å². The maximum absolute atomic E-state index is 5.74. The van der Waals surface area contributed by atoms with Gasteiger partial charge in [0.2, 0.25) is 5.95 Å². The van der Waals surface area contributed by atoms with Crippen molar-refractivity contribution in [1.82, 2.24) is 24.7 Å². The zero-order chi connectivity index (χ0) is 13.4. The molecule has 0 fully saturated rings. The summed E-state index contributed by atoms with van der Waals surface area (Å²) in [5, 5.41) is 10.7. The van der Waals surface area contributed by atoms with E-state index in [1.807, 2.05) is 42.8 Å². The maximum Gasteiger partial charge on any atom is 0.221 e. The summed E-state index contributed by atoms with van der Waals surface area (Å²) in [7, 11) is 1.92. The fraction of sp³-hybridized carbons (Fsp3) is 0.167. The highest BCUT2D eigenvalue weighted by Crippen LogP contribution is 2.30. The lowest BCUT2D eigenvalue weighted by molar-refractivity contribution is 0.765. The standard InChI is InChI=1S/C12H12N6S/c1-7-16-17-12(18(7)2)19-10-8-5-3-4-6-9(8)14-11(13)15-10/h3-6H,1-2H3,(H2,13,14,15). The largest absolute Gasteiger partial charge is 0.368 e. The SMILES string of the molecule is Cc1nnc(Sc2nc(N)nc3ccccc23)n1C. The van der Waals surface area contributed by atoms with Gasteiger partial charge in [0.05, 0.1) is 5.52 Å². The van der Waals surface area contributed by atoms with Crippen molar-refractivity contribution < 1.29 is 0 Å². The molecule has 2 N–H and O–H groups in total. The van der Waals surface area contributed by atoms with E-state index in [4.69, 9.17) is 5.73 Å². The van der Waals surface area contributed by atoms with E-state index in [1.54, 1.807) is 0 Å². The molecule has 6 nitrogen and oxygen atoms in total. The van der Waals surface area contributed by atoms with Gasteiger partial charge in [-0.25, -0.2) is 9.97 Å². The van der Waals surface area contributed by atoms with Crippen molar-refractivity contribution in [3.63, 3.8) is 0 Å². The van der Waals surface area contributed by atoms with Gasteiger partial charge in [0.15, 0.2) is 5.16 Å². The average molecular weight is 272 g/mol. The molecule has 0 unspecified atom stereocenters. The summed E-state index contributed by atoms with van der Waals surface area (Å²) < 4.78 is 1.91. The number of benzene rings is 1. The van der Waals surface area contributed by atoms with E-state index in [9.17, 15) is 0 Å². The molecular formula is C12H12N6S. The quantitative estimate of drug-likeness (QED) is 0.716. The Morgan fingerprint density at radius 2 is 1.95 bits per heavy atom. The normalized spacial score (nSPS) is 11.1. The monoisotopic (exact) mass is 272 g/mol. The minimum atomic E-state index is 0.264. The van der Waals surface area contributed by atoms with Crippen molar-refractivity contribution >= 4 is 28.6 Å². The van der Waals surface area contributed by atoms with Crippen LogP contribution in [0.25, 0.3) is 10.9 Å². The van der Waals surface area contributed by atoms with Crippen molar-refractivity contribution in [2.24, 2.45) is 7.05 Å². The summed E-state index contributed by atoms with van der Waals surface area (Å²) in [4.78, 5) is 8.51. The van der Waals surface area contributed by atoms with Gasteiger partial charge in [-0.3, -0.25) is 0 Å². The number of hydrogen-bond donors (Lipinski definition) is 1. The maximum atomic E-state index is 5.74. The second kappa shape index (κ2) is 4.51. The van der Waals surface area contributed by atoms with Crippen LogP contribution in [0, 0.1) is 6.92 Å². The van der Waals surface area contributed by atoms with Crippen LogP contribution in [-0.4, -0.2) is 24.7 Å². The van der Waals surface area contributed by atoms with Gasteiger partial charge < -0.3 is 10.3 Å². The molecule has 2 aromatic heterocycles. The first-order chi connectivity index (χ1) is 9.15. The minimum Gasteiger partial charge on any atom is -0.368 e. The van der Waals surface area contributed by atoms with Gasteiger partial charge in [-0.15, -0.1) is 10.2 Å². The van der Waals surface area contributed by atoms with Gasteiger partial charge in [-0.2, -0.15) is 0 Å². The van der Waals surface area contributed by atoms with Crippen LogP contribution in [0.5, 0.6) is 0 Å². The van der Waals surface area contributed by atoms with Gasteiger partial charge in [0.1, 0.15) is 10.9 Å². The Labute approximate surface area is 114 Å². The van der Waals surface area contributed by atoms with E-state index in [0.29, 0.717) is 0 Å². The van der Waals surface area contributed by atoms with Gasteiger partial charge in [0.25, 0.3) is 0 Å². The number of rotatable bonds is 2. The van der Waals surface area contributed by atoms with E-state index in [2.05, 4.69) is 20.2 Å². The molecule has 96 valence electrons. The van der Waals surface area contributed by atoms with Gasteiger partial charge >= 0.3 is 0 Å². The second-order valence-corrected chi connectivity index (χ2v) is 5.05. The molecule has 0 bridgehead atoms. The Morgan fingerprint density at radius 3 is 2.68 bits per heavy atom. The fourth-order valence-electron chi connectivity index (χ4n) is 1.71. The average Bonchev–Trinajstić information content (AvgIpc) is 2.70.